The highest BCUT2D eigenvalue weighted by molar-refractivity contribution is 6.16. The van der Waals surface area contributed by atoms with Crippen molar-refractivity contribution in [2.75, 3.05) is 4.90 Å². The molecule has 0 fully saturated rings. The van der Waals surface area contributed by atoms with Crippen molar-refractivity contribution in [3.05, 3.63) is 200 Å². The van der Waals surface area contributed by atoms with Gasteiger partial charge in [0.15, 0.2) is 0 Å². The number of furan rings is 1. The molecule has 252 valence electrons. The van der Waals surface area contributed by atoms with E-state index < -0.39 is 30.2 Å². The summed E-state index contributed by atoms with van der Waals surface area (Å²) in [5.74, 6) is 0. The zero-order chi connectivity index (χ0) is 41.7. The van der Waals surface area contributed by atoms with Gasteiger partial charge in [0.25, 0.3) is 0 Å². The first-order valence-electron chi connectivity index (χ1n) is 21.4. The minimum Gasteiger partial charge on any atom is -0.455 e. The van der Waals surface area contributed by atoms with Gasteiger partial charge in [-0.05, 0) is 103 Å². The molecule has 11 aromatic rings. The van der Waals surface area contributed by atoms with E-state index in [-0.39, 0.29) is 28.4 Å². The van der Waals surface area contributed by atoms with Crippen molar-refractivity contribution < 1.29 is 14.0 Å². The average molecular weight is 695 g/mol. The maximum Gasteiger partial charge on any atom is 0.143 e. The van der Waals surface area contributed by atoms with Crippen LogP contribution >= 0.6 is 0 Å². The lowest BCUT2D eigenvalue weighted by Crippen LogP contribution is -2.10. The molecule has 11 rings (SSSR count). The second-order valence-electron chi connectivity index (χ2n) is 13.6. The third kappa shape index (κ3) is 4.88. The molecule has 54 heavy (non-hydrogen) atoms. The Bertz CT molecular complexity index is 3610. The third-order valence-electron chi connectivity index (χ3n) is 10.5. The molecular weight excluding hydrogens is 655 g/mol. The van der Waals surface area contributed by atoms with Crippen molar-refractivity contribution in [2.45, 2.75) is 0 Å². The Labute approximate surface area is 322 Å². The normalized spacial score (nSPS) is 13.5. The van der Waals surface area contributed by atoms with Crippen LogP contribution < -0.4 is 4.90 Å². The van der Waals surface area contributed by atoms with Crippen LogP contribution in [0.15, 0.2) is 204 Å². The lowest BCUT2D eigenvalue weighted by Gasteiger charge is -2.28. The van der Waals surface area contributed by atoms with Gasteiger partial charge in [-0.25, -0.2) is 0 Å². The highest BCUT2D eigenvalue weighted by Gasteiger charge is 2.18. The van der Waals surface area contributed by atoms with Gasteiger partial charge in [-0.15, -0.1) is 0 Å². The van der Waals surface area contributed by atoms with Crippen molar-refractivity contribution >= 4 is 82.1 Å². The van der Waals surface area contributed by atoms with E-state index in [1.54, 1.807) is 0 Å². The van der Waals surface area contributed by atoms with Crippen LogP contribution in [0.2, 0.25) is 0 Å². The summed E-state index contributed by atoms with van der Waals surface area (Å²) >= 11 is 0. The maximum absolute atomic E-state index is 8.94. The van der Waals surface area contributed by atoms with E-state index in [4.69, 9.17) is 14.0 Å². The lowest BCUT2D eigenvalue weighted by atomic mass is 9.97. The Balaban J connectivity index is 1.07. The van der Waals surface area contributed by atoms with E-state index in [0.29, 0.717) is 5.56 Å². The Kier molecular flexibility index (Phi) is 5.47. The summed E-state index contributed by atoms with van der Waals surface area (Å²) in [6.07, 6.45) is 0. The number of hydrogen-bond acceptors (Lipinski definition) is 2. The predicted octanol–water partition coefficient (Wildman–Crippen LogP) is 15.0. The van der Waals surface area contributed by atoms with E-state index >= 15 is 0 Å². The van der Waals surface area contributed by atoms with E-state index in [2.05, 4.69) is 108 Å². The molecule has 0 saturated carbocycles. The molecule has 10 aromatic carbocycles. The number of benzene rings is 10. The van der Waals surface area contributed by atoms with E-state index in [9.17, 15) is 0 Å². The van der Waals surface area contributed by atoms with Gasteiger partial charge in [-0.2, -0.15) is 0 Å². The lowest BCUT2D eigenvalue weighted by molar-refractivity contribution is 0.673. The third-order valence-corrected chi connectivity index (χ3v) is 10.5. The molecule has 0 saturated heterocycles. The fourth-order valence-corrected chi connectivity index (χ4v) is 7.94. The number of fused-ring (bicyclic) bond motifs is 9. The molecule has 0 aliphatic rings. The SMILES string of the molecule is [2H]c1c([2H])c([2H])c2c(-c3ccc(N(c4ccc(-c5ccc6c(c5)oc5c7ccccc7ccc65)cc4)c4cc5ccccc5c5ccccc45)cc3)c([2H])c([2H])c([2H])c2c1[2H]. The molecular formula is C52H33NO. The van der Waals surface area contributed by atoms with Crippen LogP contribution in [0.25, 0.3) is 87.3 Å². The molecule has 1 heterocycles. The molecule has 2 nitrogen and oxygen atoms in total. The van der Waals surface area contributed by atoms with Gasteiger partial charge in [0.1, 0.15) is 11.2 Å². The first kappa shape index (κ1) is 24.2. The number of rotatable bonds is 5. The monoisotopic (exact) mass is 694 g/mol. The number of anilines is 3. The van der Waals surface area contributed by atoms with Crippen LogP contribution in [-0.4, -0.2) is 0 Å². The quantitative estimate of drug-likeness (QED) is 0.167. The van der Waals surface area contributed by atoms with Crippen LogP contribution in [-0.2, 0) is 0 Å². The first-order chi connectivity index (χ1) is 29.7. The maximum atomic E-state index is 8.94. The van der Waals surface area contributed by atoms with Gasteiger partial charge in [0.2, 0.25) is 0 Å². The fourth-order valence-electron chi connectivity index (χ4n) is 7.94. The molecule has 0 aliphatic carbocycles. The molecule has 0 amide bonds. The van der Waals surface area contributed by atoms with Crippen molar-refractivity contribution in [2.24, 2.45) is 0 Å². The van der Waals surface area contributed by atoms with E-state index in [1.165, 1.54) is 0 Å². The van der Waals surface area contributed by atoms with Crippen LogP contribution in [0, 0.1) is 0 Å². The summed E-state index contributed by atoms with van der Waals surface area (Å²) in [6.45, 7) is 0. The second-order valence-corrected chi connectivity index (χ2v) is 13.6. The van der Waals surface area contributed by atoms with Crippen molar-refractivity contribution in [1.29, 1.82) is 0 Å². The topological polar surface area (TPSA) is 16.4 Å². The molecule has 0 unspecified atom stereocenters. The van der Waals surface area contributed by atoms with Crippen molar-refractivity contribution in [3.63, 3.8) is 0 Å². The minimum atomic E-state index is -0.475. The Morgan fingerprint density at radius 1 is 0.389 bits per heavy atom. The Hall–Kier alpha value is -7.16. The number of hydrogen-bond donors (Lipinski definition) is 0. The molecule has 0 spiro atoms. The second kappa shape index (κ2) is 12.2. The fraction of sp³-hybridized carbons (Fsp3) is 0. The van der Waals surface area contributed by atoms with Gasteiger partial charge >= 0.3 is 0 Å². The molecule has 0 radical (unpaired) electrons. The highest BCUT2D eigenvalue weighted by Crippen LogP contribution is 2.43. The highest BCUT2D eigenvalue weighted by atomic mass is 16.3. The molecule has 1 aromatic heterocycles. The van der Waals surface area contributed by atoms with Gasteiger partial charge in [-0.3, -0.25) is 0 Å². The van der Waals surface area contributed by atoms with Crippen LogP contribution in [0.3, 0.4) is 0 Å². The average Bonchev–Trinajstić information content (AvgIpc) is 3.68. The van der Waals surface area contributed by atoms with Gasteiger partial charge < -0.3 is 9.32 Å². The van der Waals surface area contributed by atoms with Crippen LogP contribution in [0.4, 0.5) is 17.1 Å². The van der Waals surface area contributed by atoms with Gasteiger partial charge in [0, 0.05) is 32.9 Å². The Morgan fingerprint density at radius 3 is 1.83 bits per heavy atom. The number of nitrogens with zero attached hydrogens (tertiary/aromatic N) is 1. The molecule has 0 bridgehead atoms. The summed E-state index contributed by atoms with van der Waals surface area (Å²) in [5.41, 5.74) is 7.13. The summed E-state index contributed by atoms with van der Waals surface area (Å²) in [6, 6.07) is 51.0. The predicted molar refractivity (Wildman–Crippen MR) is 229 cm³/mol. The smallest absolute Gasteiger partial charge is 0.143 e. The summed E-state index contributed by atoms with van der Waals surface area (Å²) < 4.78 is 66.7. The summed E-state index contributed by atoms with van der Waals surface area (Å²) in [5, 5.41) is 8.77. The largest absolute Gasteiger partial charge is 0.455 e. The van der Waals surface area contributed by atoms with E-state index in [0.717, 1.165) is 82.4 Å². The zero-order valence-corrected chi connectivity index (χ0v) is 28.9. The molecule has 2 heteroatoms. The molecule has 0 N–H and O–H groups in total. The van der Waals surface area contributed by atoms with Crippen LogP contribution in [0.5, 0.6) is 0 Å². The van der Waals surface area contributed by atoms with Gasteiger partial charge in [-0.1, -0.05) is 151 Å². The Morgan fingerprint density at radius 2 is 1.02 bits per heavy atom. The molecule has 0 aliphatic heterocycles. The summed E-state index contributed by atoms with van der Waals surface area (Å²) in [7, 11) is 0. The zero-order valence-electron chi connectivity index (χ0n) is 35.9. The van der Waals surface area contributed by atoms with Crippen molar-refractivity contribution in [3.8, 4) is 22.3 Å². The van der Waals surface area contributed by atoms with Crippen molar-refractivity contribution in [1.82, 2.24) is 0 Å². The van der Waals surface area contributed by atoms with Gasteiger partial charge in [0.05, 0.1) is 15.3 Å². The van der Waals surface area contributed by atoms with Crippen LogP contribution in [0.1, 0.15) is 9.60 Å². The molecule has 0 atom stereocenters. The van der Waals surface area contributed by atoms with E-state index in [1.807, 2.05) is 54.6 Å². The minimum absolute atomic E-state index is 0.0619. The first-order valence-corrected chi connectivity index (χ1v) is 17.9. The summed E-state index contributed by atoms with van der Waals surface area (Å²) in [4.78, 5) is 2.20. The standard InChI is InChI=1S/C52H33NO/c1-4-14-42-35(10-1)13-9-19-43(42)37-22-28-41(29-23-37)53(50-32-39-12-3-5-15-44(39)46-17-7-8-18-47(46)50)40-26-20-34(21-27-40)38-25-30-48-49-31-24-36-11-2-6-16-45(36)52(49)54-51(48)33-38/h1-33H/i1D,4D,9D,10D,13D,14D,19D.